The van der Waals surface area contributed by atoms with Crippen LogP contribution in [0.4, 0.5) is 0 Å². The molecule has 0 amide bonds. The zero-order chi connectivity index (χ0) is 58.7. The number of rotatable bonds is 18. The molecular weight excluding hydrogens is 1080 g/mol. The van der Waals surface area contributed by atoms with E-state index in [9.17, 15) is 55.2 Å². The lowest BCUT2D eigenvalue weighted by Crippen LogP contribution is -2.12. The monoisotopic (exact) mass is 1140 g/mol. The number of aryl methyl sites for hydroxylation is 2. The lowest BCUT2D eigenvalue weighted by Gasteiger charge is -2.15. The van der Waals surface area contributed by atoms with Gasteiger partial charge in [0.1, 0.15) is 55.9 Å². The summed E-state index contributed by atoms with van der Waals surface area (Å²) in [7, 11) is 7.31. The van der Waals surface area contributed by atoms with E-state index in [0.717, 1.165) is 35.4 Å². The van der Waals surface area contributed by atoms with Crippen molar-refractivity contribution in [2.75, 3.05) is 69.5 Å². The van der Waals surface area contributed by atoms with E-state index in [4.69, 9.17) is 60.6 Å². The highest BCUT2D eigenvalue weighted by Gasteiger charge is 2.25. The van der Waals surface area contributed by atoms with E-state index in [1.165, 1.54) is 65.9 Å². The average Bonchev–Trinajstić information content (AvgIpc) is 3.61. The predicted octanol–water partition coefficient (Wildman–Crippen LogP) is 9.19. The van der Waals surface area contributed by atoms with Crippen molar-refractivity contribution in [3.05, 3.63) is 133 Å². The van der Waals surface area contributed by atoms with E-state index < -0.39 is 33.5 Å². The van der Waals surface area contributed by atoms with Crippen LogP contribution in [0, 0.1) is 13.8 Å². The summed E-state index contributed by atoms with van der Waals surface area (Å²) in [6, 6.07) is 21.3. The Kier molecular flexibility index (Phi) is 20.5. The topological polar surface area (TPSA) is 345 Å². The Morgan fingerprint density at radius 3 is 1.26 bits per heavy atom. The fraction of sp³-hybridized carbons (Fsp3) is 0.224. The first-order chi connectivity index (χ1) is 38.8. The van der Waals surface area contributed by atoms with Crippen molar-refractivity contribution in [3.63, 3.8) is 0 Å². The van der Waals surface area contributed by atoms with E-state index in [-0.39, 0.29) is 143 Å². The molecule has 0 aliphatic heterocycles. The number of ether oxygens (including phenoxy) is 10. The number of aromatic hydroxyl groups is 8. The molecule has 0 bridgehead atoms. The number of hydrogen-bond acceptors (Lipinski definition) is 24. The maximum absolute atomic E-state index is 13.1. The Balaban J connectivity index is 0.000000199. The second kappa shape index (κ2) is 27.3. The van der Waals surface area contributed by atoms with Crippen LogP contribution in [0.3, 0.4) is 0 Å². The molecule has 0 saturated carbocycles. The second-order valence-electron chi connectivity index (χ2n) is 17.2. The highest BCUT2D eigenvalue weighted by Crippen LogP contribution is 2.42. The lowest BCUT2D eigenvalue weighted by atomic mass is 10.1. The van der Waals surface area contributed by atoms with Crippen LogP contribution in [0.15, 0.2) is 119 Å². The molecule has 0 unspecified atom stereocenters. The first-order valence-electron chi connectivity index (χ1n) is 23.8. The maximum atomic E-state index is 13.1. The van der Waals surface area contributed by atoms with E-state index in [1.807, 2.05) is 0 Å². The molecule has 8 N–H and O–H groups in total. The van der Waals surface area contributed by atoms with Gasteiger partial charge in [-0.1, -0.05) is 7.43 Å². The first-order valence-corrected chi connectivity index (χ1v) is 23.8. The van der Waals surface area contributed by atoms with Crippen LogP contribution in [0.1, 0.15) is 18.6 Å². The van der Waals surface area contributed by atoms with E-state index >= 15 is 0 Å². The maximum Gasteiger partial charge on any atom is 0.239 e. The van der Waals surface area contributed by atoms with Gasteiger partial charge in [-0.15, -0.1) is 0 Å². The minimum Gasteiger partial charge on any atom is -0.508 e. The number of phenolic OH excluding ortho intramolecular Hbond substituents is 7. The molecule has 0 radical (unpaired) electrons. The molecule has 82 heavy (non-hydrogen) atoms. The summed E-state index contributed by atoms with van der Waals surface area (Å²) in [6.07, 6.45) is 0. The van der Waals surface area contributed by atoms with Gasteiger partial charge in [0.05, 0.1) is 0 Å². The Bertz CT molecular complexity index is 3920. The van der Waals surface area contributed by atoms with Crippen LogP contribution >= 0.6 is 0 Å². The van der Waals surface area contributed by atoms with Crippen molar-refractivity contribution in [2.24, 2.45) is 0 Å². The molecule has 0 fully saturated rings. The second-order valence-corrected chi connectivity index (χ2v) is 17.2. The van der Waals surface area contributed by atoms with E-state index in [0.29, 0.717) is 22.6 Å². The van der Waals surface area contributed by atoms with Gasteiger partial charge in [-0.2, -0.15) is 0 Å². The van der Waals surface area contributed by atoms with Crippen molar-refractivity contribution < 1.29 is 101 Å². The molecule has 0 spiro atoms. The van der Waals surface area contributed by atoms with Crippen LogP contribution in [0.2, 0.25) is 0 Å². The summed E-state index contributed by atoms with van der Waals surface area (Å²) >= 11 is 0. The summed E-state index contributed by atoms with van der Waals surface area (Å²) in [5, 5.41) is 78.4. The molecule has 9 rings (SSSR count). The van der Waals surface area contributed by atoms with Gasteiger partial charge in [0.25, 0.3) is 0 Å². The molecule has 0 atom stereocenters. The van der Waals surface area contributed by atoms with E-state index in [1.54, 1.807) is 50.2 Å². The molecule has 0 aliphatic carbocycles. The van der Waals surface area contributed by atoms with Gasteiger partial charge >= 0.3 is 0 Å². The van der Waals surface area contributed by atoms with Crippen molar-refractivity contribution in [3.8, 4) is 109 Å². The first kappa shape index (κ1) is 61.4. The Morgan fingerprint density at radius 1 is 0.366 bits per heavy atom. The minimum atomic E-state index is -0.888. The minimum absolute atomic E-state index is 0. The molecule has 6 aromatic carbocycles. The van der Waals surface area contributed by atoms with Crippen LogP contribution in [0.25, 0.3) is 66.9 Å². The van der Waals surface area contributed by atoms with Crippen LogP contribution < -0.4 is 40.0 Å². The third-order valence-corrected chi connectivity index (χ3v) is 11.4. The summed E-state index contributed by atoms with van der Waals surface area (Å²) in [4.78, 5) is 38.2. The Morgan fingerprint density at radius 2 is 0.756 bits per heavy atom. The van der Waals surface area contributed by atoms with Gasteiger partial charge in [-0.05, 0) is 104 Å². The zero-order valence-electron chi connectivity index (χ0n) is 44.3. The van der Waals surface area contributed by atoms with Crippen LogP contribution in [0.5, 0.6) is 74.7 Å². The number of phenols is 7. The molecular formula is C58H58O24. The molecule has 434 valence electrons. The van der Waals surface area contributed by atoms with Gasteiger partial charge in [0, 0.05) is 64.4 Å². The largest absolute Gasteiger partial charge is 0.508 e. The number of methoxy groups -OCH3 is 5. The number of hydrogen-bond donors (Lipinski definition) is 8. The molecule has 24 heteroatoms. The fourth-order valence-corrected chi connectivity index (χ4v) is 7.88. The lowest BCUT2D eigenvalue weighted by molar-refractivity contribution is 0.0323. The standard InChI is InChI=1S/C22H24O9.C20H20O8.C15H10O7.CH4/c1-13-7-15(23)19-18(8-13)31-21(22(20(19)24)30-12-27-4)14-5-6-16(28-10-25-2)17(9-14)29-11-26-3;1-11-6-14(22)17-16(7-11)28-19(20(18(17)23)27-10-25-3)12-4-5-15(13(21)8-12)26-9-24-2;16-7-4-10(19)12-11(5-7)22-15(14(21)13(12)20)6-1-2-8(17)9(18)3-6;/h5-9,23H,10-12H2,1-4H3;4-8,21-22H,9-10H2,1-3H3;1-5,16-19,21H;1H4. The third kappa shape index (κ3) is 13.6. The quantitative estimate of drug-likeness (QED) is 0.0293. The van der Waals surface area contributed by atoms with Gasteiger partial charge in [0.2, 0.25) is 33.5 Å². The number of benzene rings is 6. The fourth-order valence-electron chi connectivity index (χ4n) is 7.88. The van der Waals surface area contributed by atoms with Crippen molar-refractivity contribution in [1.82, 2.24) is 0 Å². The normalized spacial score (nSPS) is 10.8. The zero-order valence-corrected chi connectivity index (χ0v) is 44.3. The summed E-state index contributed by atoms with van der Waals surface area (Å²) in [5.41, 5.74) is 0.778. The molecule has 0 saturated heterocycles. The SMILES string of the molecule is C.COCOc1ccc(-c2oc3cc(C)cc(O)c3c(=O)c2OCOC)cc1O.COCOc1ccc(-c2oc3cc(C)cc(O)c3c(=O)c2OCOC)cc1OCOC.O=c1c(O)c(-c2ccc(O)c(O)c2)oc2cc(O)cc(O)c12. The highest BCUT2D eigenvalue weighted by atomic mass is 16.7. The van der Waals surface area contributed by atoms with Gasteiger partial charge in [0.15, 0.2) is 85.7 Å². The Hall–Kier alpha value is -9.85. The summed E-state index contributed by atoms with van der Waals surface area (Å²) in [6.45, 7) is 3.14. The molecule has 0 aliphatic rings. The summed E-state index contributed by atoms with van der Waals surface area (Å²) < 4.78 is 69.1. The molecule has 3 heterocycles. The highest BCUT2D eigenvalue weighted by molar-refractivity contribution is 5.90. The number of fused-ring (bicyclic) bond motifs is 3. The smallest absolute Gasteiger partial charge is 0.239 e. The molecule has 3 aromatic heterocycles. The van der Waals surface area contributed by atoms with Crippen molar-refractivity contribution >= 4 is 32.9 Å². The molecule has 24 nitrogen and oxygen atoms in total. The van der Waals surface area contributed by atoms with Crippen molar-refractivity contribution in [1.29, 1.82) is 0 Å². The third-order valence-electron chi connectivity index (χ3n) is 11.4. The average molecular weight is 1140 g/mol. The molecule has 9 aromatic rings. The van der Waals surface area contributed by atoms with Crippen molar-refractivity contribution in [2.45, 2.75) is 21.3 Å². The van der Waals surface area contributed by atoms with Crippen LogP contribution in [-0.4, -0.2) is 110 Å². The summed E-state index contributed by atoms with van der Waals surface area (Å²) in [5.74, 6) is -2.29. The van der Waals surface area contributed by atoms with Crippen LogP contribution in [-0.2, 0) is 23.7 Å². The van der Waals surface area contributed by atoms with Gasteiger partial charge in [-0.25, -0.2) is 0 Å². The Labute approximate surface area is 465 Å². The van der Waals surface area contributed by atoms with E-state index in [2.05, 4.69) is 0 Å². The van der Waals surface area contributed by atoms with Gasteiger partial charge in [-0.3, -0.25) is 14.4 Å². The van der Waals surface area contributed by atoms with Gasteiger partial charge < -0.3 is 101 Å². The predicted molar refractivity (Wildman–Crippen MR) is 296 cm³/mol.